The molecule has 0 aliphatic heterocycles. The van der Waals surface area contributed by atoms with Crippen LogP contribution in [-0.2, 0) is 19.3 Å². The molecule has 0 atom stereocenters. The molecule has 0 fully saturated rings. The van der Waals surface area contributed by atoms with Gasteiger partial charge in [0.2, 0.25) is 0 Å². The molecule has 0 radical (unpaired) electrons. The molecule has 0 aliphatic carbocycles. The Bertz CT molecular complexity index is 888. The molecule has 26 heavy (non-hydrogen) atoms. The number of benzene rings is 1. The van der Waals surface area contributed by atoms with Crippen molar-refractivity contribution in [2.45, 2.75) is 19.3 Å². The van der Waals surface area contributed by atoms with Gasteiger partial charge >= 0.3 is 6.18 Å². The Morgan fingerprint density at radius 3 is 2.77 bits per heavy atom. The first-order valence-electron chi connectivity index (χ1n) is 7.66. The van der Waals surface area contributed by atoms with Crippen LogP contribution in [0.5, 0.6) is 0 Å². The fourth-order valence-electron chi connectivity index (χ4n) is 2.43. The van der Waals surface area contributed by atoms with Crippen LogP contribution in [0.15, 0.2) is 53.5 Å². The molecule has 0 bridgehead atoms. The Morgan fingerprint density at radius 1 is 1.27 bits per heavy atom. The summed E-state index contributed by atoms with van der Waals surface area (Å²) in [5.74, 6) is -0.346. The zero-order valence-electron chi connectivity index (χ0n) is 13.8. The molecule has 0 unspecified atom stereocenters. The van der Waals surface area contributed by atoms with Crippen molar-refractivity contribution in [3.05, 3.63) is 71.4 Å². The van der Waals surface area contributed by atoms with Gasteiger partial charge < -0.3 is 9.32 Å². The highest BCUT2D eigenvalue weighted by atomic mass is 19.4. The van der Waals surface area contributed by atoms with Gasteiger partial charge in [-0.3, -0.25) is 4.79 Å². The van der Waals surface area contributed by atoms with Crippen molar-refractivity contribution >= 4 is 5.91 Å². The molecular formula is C17H15F3N4O2. The van der Waals surface area contributed by atoms with E-state index in [1.165, 1.54) is 34.4 Å². The van der Waals surface area contributed by atoms with E-state index in [-0.39, 0.29) is 18.1 Å². The van der Waals surface area contributed by atoms with E-state index in [4.69, 9.17) is 4.42 Å². The molecule has 3 rings (SSSR count). The predicted octanol–water partition coefficient (Wildman–Crippen LogP) is 3.21. The van der Waals surface area contributed by atoms with Gasteiger partial charge in [0.1, 0.15) is 0 Å². The maximum Gasteiger partial charge on any atom is 0.416 e. The lowest BCUT2D eigenvalue weighted by Crippen LogP contribution is -2.26. The van der Waals surface area contributed by atoms with Gasteiger partial charge in [-0.25, -0.2) is 4.68 Å². The van der Waals surface area contributed by atoms with Crippen LogP contribution < -0.4 is 0 Å². The van der Waals surface area contributed by atoms with E-state index in [0.29, 0.717) is 12.1 Å². The minimum Gasteiger partial charge on any atom is -0.472 e. The van der Waals surface area contributed by atoms with Crippen LogP contribution in [0, 0.1) is 0 Å². The minimum absolute atomic E-state index is 0.0790. The fraction of sp³-hybridized carbons (Fsp3) is 0.235. The summed E-state index contributed by atoms with van der Waals surface area (Å²) in [5.41, 5.74) is 0.627. The quantitative estimate of drug-likeness (QED) is 0.697. The maximum atomic E-state index is 12.8. The topological polar surface area (TPSA) is 64.2 Å². The Labute approximate surface area is 146 Å². The number of alkyl halides is 3. The monoisotopic (exact) mass is 364 g/mol. The highest BCUT2D eigenvalue weighted by molar-refractivity contribution is 5.91. The largest absolute Gasteiger partial charge is 0.472 e. The van der Waals surface area contributed by atoms with E-state index >= 15 is 0 Å². The fourth-order valence-corrected chi connectivity index (χ4v) is 2.43. The molecule has 0 spiro atoms. The molecule has 2 heterocycles. The molecule has 136 valence electrons. The summed E-state index contributed by atoms with van der Waals surface area (Å²) >= 11 is 0. The number of furan rings is 1. The standard InChI is InChI=1S/C17H15F3N4O2/c1-23(8-13-5-6-26-11-13)16(25)15-10-24(22-21-15)9-12-3-2-4-14(7-12)17(18,19)20/h2-7,10-11H,8-9H2,1H3. The highest BCUT2D eigenvalue weighted by Gasteiger charge is 2.30. The van der Waals surface area contributed by atoms with Crippen LogP contribution in [0.1, 0.15) is 27.2 Å². The number of nitrogens with zero attached hydrogens (tertiary/aromatic N) is 4. The Balaban J connectivity index is 1.69. The number of halogens is 3. The summed E-state index contributed by atoms with van der Waals surface area (Å²) in [6, 6.07) is 6.69. The molecule has 0 saturated heterocycles. The van der Waals surface area contributed by atoms with Crippen molar-refractivity contribution in [3.8, 4) is 0 Å². The minimum atomic E-state index is -4.41. The van der Waals surface area contributed by atoms with Gasteiger partial charge in [0.15, 0.2) is 5.69 Å². The summed E-state index contributed by atoms with van der Waals surface area (Å²) in [5, 5.41) is 7.63. The van der Waals surface area contributed by atoms with Crippen LogP contribution in [0.3, 0.4) is 0 Å². The molecule has 1 amide bonds. The van der Waals surface area contributed by atoms with E-state index in [2.05, 4.69) is 10.3 Å². The van der Waals surface area contributed by atoms with Crippen LogP contribution in [-0.4, -0.2) is 32.8 Å². The van der Waals surface area contributed by atoms with Crippen LogP contribution in [0.25, 0.3) is 0 Å². The Kier molecular flexibility index (Phi) is 4.79. The van der Waals surface area contributed by atoms with Crippen molar-refractivity contribution in [2.75, 3.05) is 7.05 Å². The van der Waals surface area contributed by atoms with Gasteiger partial charge in [-0.1, -0.05) is 17.3 Å². The summed E-state index contributed by atoms with van der Waals surface area (Å²) in [6.45, 7) is 0.422. The zero-order valence-corrected chi connectivity index (χ0v) is 13.8. The number of carbonyl (C=O) groups is 1. The van der Waals surface area contributed by atoms with Gasteiger partial charge in [0.25, 0.3) is 5.91 Å². The van der Waals surface area contributed by atoms with Crippen molar-refractivity contribution in [1.29, 1.82) is 0 Å². The second-order valence-corrected chi connectivity index (χ2v) is 5.79. The smallest absolute Gasteiger partial charge is 0.416 e. The van der Waals surface area contributed by atoms with Gasteiger partial charge in [-0.2, -0.15) is 13.2 Å². The van der Waals surface area contributed by atoms with Crippen molar-refractivity contribution < 1.29 is 22.4 Å². The maximum absolute atomic E-state index is 12.8. The average molecular weight is 364 g/mol. The van der Waals surface area contributed by atoms with Crippen LogP contribution in [0.4, 0.5) is 13.2 Å². The lowest BCUT2D eigenvalue weighted by molar-refractivity contribution is -0.137. The van der Waals surface area contributed by atoms with Gasteiger partial charge in [-0.05, 0) is 23.8 Å². The molecule has 0 aliphatic rings. The van der Waals surface area contributed by atoms with E-state index in [1.807, 2.05) is 0 Å². The summed E-state index contributed by atoms with van der Waals surface area (Å²) in [4.78, 5) is 13.8. The highest BCUT2D eigenvalue weighted by Crippen LogP contribution is 2.29. The first-order chi connectivity index (χ1) is 12.3. The lowest BCUT2D eigenvalue weighted by Gasteiger charge is -2.13. The third kappa shape index (κ3) is 4.11. The molecular weight excluding hydrogens is 349 g/mol. The second-order valence-electron chi connectivity index (χ2n) is 5.79. The van der Waals surface area contributed by atoms with Crippen molar-refractivity contribution in [1.82, 2.24) is 19.9 Å². The number of carbonyl (C=O) groups excluding carboxylic acids is 1. The Hall–Kier alpha value is -3.10. The summed E-state index contributed by atoms with van der Waals surface area (Å²) in [7, 11) is 1.61. The van der Waals surface area contributed by atoms with Crippen LogP contribution >= 0.6 is 0 Å². The number of hydrogen-bond acceptors (Lipinski definition) is 4. The molecule has 2 aromatic heterocycles. The number of rotatable bonds is 5. The van der Waals surface area contributed by atoms with Gasteiger partial charge in [-0.15, -0.1) is 5.10 Å². The lowest BCUT2D eigenvalue weighted by atomic mass is 10.1. The second kappa shape index (κ2) is 7.03. The third-order valence-electron chi connectivity index (χ3n) is 3.70. The van der Waals surface area contributed by atoms with E-state index in [0.717, 1.165) is 17.7 Å². The van der Waals surface area contributed by atoms with Crippen molar-refractivity contribution in [3.63, 3.8) is 0 Å². The van der Waals surface area contributed by atoms with E-state index in [9.17, 15) is 18.0 Å². The van der Waals surface area contributed by atoms with Gasteiger partial charge in [0, 0.05) is 19.2 Å². The normalized spacial score (nSPS) is 11.5. The summed E-state index contributed by atoms with van der Waals surface area (Å²) in [6.07, 6.45) is 0.0526. The first kappa shape index (κ1) is 17.7. The van der Waals surface area contributed by atoms with Gasteiger partial charge in [0.05, 0.1) is 30.8 Å². The van der Waals surface area contributed by atoms with Crippen molar-refractivity contribution in [2.24, 2.45) is 0 Å². The number of hydrogen-bond donors (Lipinski definition) is 0. The number of amides is 1. The van der Waals surface area contributed by atoms with Crippen LogP contribution in [0.2, 0.25) is 0 Å². The molecule has 6 nitrogen and oxygen atoms in total. The number of aromatic nitrogens is 3. The predicted molar refractivity (Wildman–Crippen MR) is 85.1 cm³/mol. The molecule has 1 aromatic carbocycles. The molecule has 9 heteroatoms. The third-order valence-corrected chi connectivity index (χ3v) is 3.70. The zero-order chi connectivity index (χ0) is 18.7. The molecule has 0 N–H and O–H groups in total. The average Bonchev–Trinajstić information content (AvgIpc) is 3.25. The Morgan fingerprint density at radius 2 is 2.08 bits per heavy atom. The molecule has 3 aromatic rings. The summed E-state index contributed by atoms with van der Waals surface area (Å²) < 4.78 is 44.6. The van der Waals surface area contributed by atoms with E-state index < -0.39 is 11.7 Å². The molecule has 0 saturated carbocycles. The first-order valence-corrected chi connectivity index (χ1v) is 7.66. The SMILES string of the molecule is CN(Cc1ccoc1)C(=O)c1cn(Cc2cccc(C(F)(F)F)c2)nn1. The van der Waals surface area contributed by atoms with E-state index in [1.54, 1.807) is 19.2 Å².